The summed E-state index contributed by atoms with van der Waals surface area (Å²) in [4.78, 5) is 44.5. The summed E-state index contributed by atoms with van der Waals surface area (Å²) in [5, 5.41) is 14.0. The second-order valence-corrected chi connectivity index (χ2v) is 8.20. The van der Waals surface area contributed by atoms with E-state index in [1.165, 1.54) is 38.3 Å². The molecule has 1 aliphatic carbocycles. The van der Waals surface area contributed by atoms with Gasteiger partial charge in [0.05, 0.1) is 17.6 Å². The Morgan fingerprint density at radius 2 is 1.69 bits per heavy atom. The zero-order chi connectivity index (χ0) is 25.8. The Hall–Kier alpha value is -4.12. The van der Waals surface area contributed by atoms with Crippen LogP contribution in [-0.2, 0) is 4.79 Å². The molecule has 0 radical (unpaired) electrons. The molecular formula is C25H30N8O3. The third-order valence-corrected chi connectivity index (χ3v) is 5.65. The van der Waals surface area contributed by atoms with Crippen molar-refractivity contribution in [2.75, 3.05) is 7.11 Å². The number of aromatic amines is 2. The number of aliphatic hydroxyl groups excluding tert-OH is 1. The number of rotatable bonds is 5. The molecule has 0 atom stereocenters. The van der Waals surface area contributed by atoms with E-state index < -0.39 is 5.69 Å². The van der Waals surface area contributed by atoms with Crippen molar-refractivity contribution in [2.45, 2.75) is 45.4 Å². The van der Waals surface area contributed by atoms with Crippen LogP contribution in [0.15, 0.2) is 47.9 Å². The second-order valence-electron chi connectivity index (χ2n) is 8.20. The molecule has 0 aliphatic heterocycles. The van der Waals surface area contributed by atoms with Crippen LogP contribution in [0.1, 0.15) is 44.2 Å². The van der Waals surface area contributed by atoms with Gasteiger partial charge in [-0.25, -0.2) is 19.7 Å². The molecule has 1 saturated carbocycles. The number of hydrogen-bond donors (Lipinski definition) is 3. The van der Waals surface area contributed by atoms with Crippen molar-refractivity contribution in [3.63, 3.8) is 0 Å². The number of nitrogens with one attached hydrogen (secondary N) is 2. The highest BCUT2D eigenvalue weighted by Gasteiger charge is 2.12. The summed E-state index contributed by atoms with van der Waals surface area (Å²) in [6, 6.07) is 3.66. The van der Waals surface area contributed by atoms with E-state index in [0.29, 0.717) is 23.0 Å². The third-order valence-electron chi connectivity index (χ3n) is 5.65. The highest BCUT2D eigenvalue weighted by atomic mass is 16.2. The number of carbonyl (C=O) groups is 1. The molecule has 4 heterocycles. The van der Waals surface area contributed by atoms with Crippen LogP contribution in [0.5, 0.6) is 0 Å². The molecular weight excluding hydrogens is 460 g/mol. The number of hydrogen-bond acceptors (Lipinski definition) is 9. The maximum Gasteiger partial charge on any atom is 0.344 e. The molecule has 4 aromatic heterocycles. The number of pyridine rings is 1. The molecule has 0 bridgehead atoms. The summed E-state index contributed by atoms with van der Waals surface area (Å²) in [5.41, 5.74) is 3.22. The number of aldehydes is 1. The molecule has 0 saturated heterocycles. The molecule has 188 valence electrons. The van der Waals surface area contributed by atoms with Crippen LogP contribution in [-0.4, -0.2) is 58.6 Å². The minimum absolute atomic E-state index is 0.396. The first-order valence-corrected chi connectivity index (χ1v) is 11.7. The lowest BCUT2D eigenvalue weighted by Crippen LogP contribution is -2.08. The molecule has 0 aromatic carbocycles. The number of nitrogens with zero attached hydrogens (tertiary/aromatic N) is 6. The first-order chi connectivity index (χ1) is 17.6. The van der Waals surface area contributed by atoms with Crippen LogP contribution >= 0.6 is 0 Å². The van der Waals surface area contributed by atoms with Gasteiger partial charge in [-0.3, -0.25) is 15.1 Å². The van der Waals surface area contributed by atoms with Gasteiger partial charge in [0.15, 0.2) is 11.6 Å². The van der Waals surface area contributed by atoms with Crippen molar-refractivity contribution in [3.05, 3.63) is 59.3 Å². The predicted octanol–water partition coefficient (Wildman–Crippen LogP) is 3.15. The number of aromatic nitrogens is 8. The fourth-order valence-corrected chi connectivity index (χ4v) is 3.76. The van der Waals surface area contributed by atoms with Crippen molar-refractivity contribution in [3.8, 4) is 34.2 Å². The molecule has 4 aromatic rings. The molecule has 3 N–H and O–H groups in total. The standard InChI is InChI=1S/C16H12N8O.C8H14O.CH4O/c1-9-4-18-13(8-17-9)15-22-14(23-24-15)10-2-3-12(19-5-10)11-6-20-16(25)21-7-11;9-7-6-8-4-2-1-3-5-8;1-2/h2-8H,1H3,(H,20,21,25)(H,22,23,24);7-8H,1-6H2;2H,1H3. The fourth-order valence-electron chi connectivity index (χ4n) is 3.76. The van der Waals surface area contributed by atoms with Crippen LogP contribution in [0.2, 0.25) is 0 Å². The van der Waals surface area contributed by atoms with E-state index in [2.05, 4.69) is 40.1 Å². The van der Waals surface area contributed by atoms with E-state index in [4.69, 9.17) is 5.11 Å². The second kappa shape index (κ2) is 13.7. The zero-order valence-electron chi connectivity index (χ0n) is 20.4. The largest absolute Gasteiger partial charge is 0.400 e. The van der Waals surface area contributed by atoms with Crippen LogP contribution in [0.25, 0.3) is 34.2 Å². The summed E-state index contributed by atoms with van der Waals surface area (Å²) >= 11 is 0. The highest BCUT2D eigenvalue weighted by molar-refractivity contribution is 5.62. The molecule has 0 unspecified atom stereocenters. The number of aryl methyl sites for hydroxylation is 1. The van der Waals surface area contributed by atoms with E-state index in [1.54, 1.807) is 24.8 Å². The highest BCUT2D eigenvalue weighted by Crippen LogP contribution is 2.25. The van der Waals surface area contributed by atoms with Crippen molar-refractivity contribution in [1.29, 1.82) is 0 Å². The predicted molar refractivity (Wildman–Crippen MR) is 135 cm³/mol. The Morgan fingerprint density at radius 3 is 2.31 bits per heavy atom. The molecule has 5 rings (SSSR count). The van der Waals surface area contributed by atoms with Gasteiger partial charge in [0, 0.05) is 49.4 Å². The first-order valence-electron chi connectivity index (χ1n) is 11.7. The summed E-state index contributed by atoms with van der Waals surface area (Å²) in [6.07, 6.45) is 16.5. The van der Waals surface area contributed by atoms with E-state index in [-0.39, 0.29) is 0 Å². The van der Waals surface area contributed by atoms with Crippen molar-refractivity contribution in [2.24, 2.45) is 5.92 Å². The molecule has 0 spiro atoms. The van der Waals surface area contributed by atoms with Gasteiger partial charge in [-0.05, 0) is 25.0 Å². The maximum atomic E-state index is 11.0. The Balaban J connectivity index is 0.000000276. The Kier molecular flexibility index (Phi) is 10.1. The molecule has 0 amide bonds. The summed E-state index contributed by atoms with van der Waals surface area (Å²) < 4.78 is 0. The summed E-state index contributed by atoms with van der Waals surface area (Å²) in [6.45, 7) is 1.87. The number of H-pyrrole nitrogens is 2. The topological polar surface area (TPSA) is 163 Å². The van der Waals surface area contributed by atoms with Gasteiger partial charge in [0.1, 0.15) is 12.0 Å². The van der Waals surface area contributed by atoms with Gasteiger partial charge < -0.3 is 14.9 Å². The normalized spacial score (nSPS) is 13.1. The monoisotopic (exact) mass is 490 g/mol. The van der Waals surface area contributed by atoms with Crippen LogP contribution in [0.3, 0.4) is 0 Å². The maximum absolute atomic E-state index is 11.0. The van der Waals surface area contributed by atoms with Gasteiger partial charge in [-0.2, -0.15) is 5.10 Å². The van der Waals surface area contributed by atoms with Crippen molar-refractivity contribution in [1.82, 2.24) is 40.1 Å². The summed E-state index contributed by atoms with van der Waals surface area (Å²) in [7, 11) is 1.00. The van der Waals surface area contributed by atoms with Gasteiger partial charge in [0.25, 0.3) is 0 Å². The minimum atomic E-state index is -0.396. The molecule has 11 heteroatoms. The Labute approximate surface area is 208 Å². The quantitative estimate of drug-likeness (QED) is 0.356. The number of aliphatic hydroxyl groups is 1. The lowest BCUT2D eigenvalue weighted by molar-refractivity contribution is -0.108. The van der Waals surface area contributed by atoms with Crippen molar-refractivity contribution < 1.29 is 9.90 Å². The van der Waals surface area contributed by atoms with Gasteiger partial charge >= 0.3 is 5.69 Å². The smallest absolute Gasteiger partial charge is 0.344 e. The molecule has 1 aliphatic rings. The SMILES string of the molecule is CO.Cc1cnc(-c2nc(-c3ccc(-c4cnc(=O)[nH]c4)nc3)n[nH]2)cn1.O=CCC1CCCCC1. The van der Waals surface area contributed by atoms with E-state index >= 15 is 0 Å². The Bertz CT molecular complexity index is 1240. The lowest BCUT2D eigenvalue weighted by atomic mass is 9.87. The van der Waals surface area contributed by atoms with E-state index in [1.807, 2.05) is 19.1 Å². The first kappa shape index (κ1) is 26.5. The van der Waals surface area contributed by atoms with Crippen molar-refractivity contribution >= 4 is 6.29 Å². The molecule has 11 nitrogen and oxygen atoms in total. The zero-order valence-corrected chi connectivity index (χ0v) is 20.4. The average Bonchev–Trinajstić information content (AvgIpc) is 3.42. The Morgan fingerprint density at radius 1 is 0.944 bits per heavy atom. The van der Waals surface area contributed by atoms with Crippen LogP contribution in [0.4, 0.5) is 0 Å². The molecule has 36 heavy (non-hydrogen) atoms. The third kappa shape index (κ3) is 7.44. The molecule has 1 fully saturated rings. The average molecular weight is 491 g/mol. The van der Waals surface area contributed by atoms with Crippen LogP contribution in [0, 0.1) is 12.8 Å². The van der Waals surface area contributed by atoms with Gasteiger partial charge in [-0.15, -0.1) is 0 Å². The fraction of sp³-hybridized carbons (Fsp3) is 0.360. The summed E-state index contributed by atoms with van der Waals surface area (Å²) in [5.74, 6) is 1.78. The van der Waals surface area contributed by atoms with Gasteiger partial charge in [-0.1, -0.05) is 32.1 Å². The van der Waals surface area contributed by atoms with E-state index in [9.17, 15) is 9.59 Å². The lowest BCUT2D eigenvalue weighted by Gasteiger charge is -2.18. The van der Waals surface area contributed by atoms with Gasteiger partial charge in [0.2, 0.25) is 0 Å². The van der Waals surface area contributed by atoms with Crippen LogP contribution < -0.4 is 5.69 Å². The van der Waals surface area contributed by atoms with E-state index in [0.717, 1.165) is 42.6 Å². The number of carbonyl (C=O) groups excluding carboxylic acids is 1. The minimum Gasteiger partial charge on any atom is -0.400 e.